The molecule has 84 valence electrons. The maximum Gasteiger partial charge on any atom is 0.0108 e. The molecule has 1 aromatic rings. The molecular formula is C14H23N. The molecule has 0 fully saturated rings. The van der Waals surface area contributed by atoms with Crippen molar-refractivity contribution in [3.05, 3.63) is 35.9 Å². The summed E-state index contributed by atoms with van der Waals surface area (Å²) in [7, 11) is 0. The van der Waals surface area contributed by atoms with Gasteiger partial charge in [-0.05, 0) is 23.8 Å². The third-order valence-electron chi connectivity index (χ3n) is 3.34. The van der Waals surface area contributed by atoms with Crippen LogP contribution in [0.1, 0.15) is 45.1 Å². The van der Waals surface area contributed by atoms with Crippen LogP contribution in [-0.2, 0) is 0 Å². The maximum atomic E-state index is 6.23. The lowest BCUT2D eigenvalue weighted by Gasteiger charge is -2.23. The van der Waals surface area contributed by atoms with Crippen LogP contribution < -0.4 is 5.73 Å². The van der Waals surface area contributed by atoms with E-state index in [-0.39, 0.29) is 6.04 Å². The molecule has 2 N–H and O–H groups in total. The maximum absolute atomic E-state index is 6.23. The van der Waals surface area contributed by atoms with Crippen LogP contribution in [0.2, 0.25) is 0 Å². The lowest BCUT2D eigenvalue weighted by Crippen LogP contribution is -2.28. The van der Waals surface area contributed by atoms with Gasteiger partial charge in [-0.25, -0.2) is 0 Å². The Morgan fingerprint density at radius 3 is 2.27 bits per heavy atom. The first-order valence-corrected chi connectivity index (χ1v) is 5.95. The summed E-state index contributed by atoms with van der Waals surface area (Å²) in [6.45, 7) is 6.73. The first kappa shape index (κ1) is 12.3. The standard InChI is InChI=1S/C14H23N/c1-4-11(2)10-14(15)12(3)13-8-6-5-7-9-13/h5-9,11-12,14H,4,10,15H2,1-3H3. The highest BCUT2D eigenvalue weighted by Crippen LogP contribution is 2.22. The molecule has 0 saturated carbocycles. The van der Waals surface area contributed by atoms with E-state index < -0.39 is 0 Å². The highest BCUT2D eigenvalue weighted by atomic mass is 14.6. The van der Waals surface area contributed by atoms with E-state index in [9.17, 15) is 0 Å². The van der Waals surface area contributed by atoms with E-state index in [1.54, 1.807) is 0 Å². The molecule has 0 amide bonds. The van der Waals surface area contributed by atoms with Crippen LogP contribution >= 0.6 is 0 Å². The molecule has 3 atom stereocenters. The molecule has 0 heterocycles. The minimum atomic E-state index is 0.280. The highest BCUT2D eigenvalue weighted by molar-refractivity contribution is 5.20. The van der Waals surface area contributed by atoms with Crippen molar-refractivity contribution in [3.63, 3.8) is 0 Å². The van der Waals surface area contributed by atoms with Gasteiger partial charge in [0.05, 0.1) is 0 Å². The summed E-state index contributed by atoms with van der Waals surface area (Å²) in [5, 5.41) is 0. The Morgan fingerprint density at radius 1 is 1.13 bits per heavy atom. The zero-order valence-electron chi connectivity index (χ0n) is 10.1. The number of nitrogens with two attached hydrogens (primary N) is 1. The average molecular weight is 205 g/mol. The van der Waals surface area contributed by atoms with Crippen molar-refractivity contribution in [2.45, 2.75) is 45.6 Å². The lowest BCUT2D eigenvalue weighted by atomic mass is 9.87. The smallest absolute Gasteiger partial charge is 0.0108 e. The van der Waals surface area contributed by atoms with E-state index in [2.05, 4.69) is 51.1 Å². The van der Waals surface area contributed by atoms with Crippen LogP contribution in [0.25, 0.3) is 0 Å². The molecule has 1 aromatic carbocycles. The van der Waals surface area contributed by atoms with Gasteiger partial charge in [-0.3, -0.25) is 0 Å². The van der Waals surface area contributed by atoms with Crippen molar-refractivity contribution in [2.75, 3.05) is 0 Å². The van der Waals surface area contributed by atoms with E-state index in [0.29, 0.717) is 5.92 Å². The molecule has 1 heteroatoms. The van der Waals surface area contributed by atoms with Gasteiger partial charge in [-0.15, -0.1) is 0 Å². The SMILES string of the molecule is CCC(C)CC(N)C(C)c1ccccc1. The van der Waals surface area contributed by atoms with Gasteiger partial charge in [-0.1, -0.05) is 57.5 Å². The van der Waals surface area contributed by atoms with Crippen LogP contribution in [0.5, 0.6) is 0 Å². The Morgan fingerprint density at radius 2 is 1.73 bits per heavy atom. The zero-order valence-corrected chi connectivity index (χ0v) is 10.1. The summed E-state index contributed by atoms with van der Waals surface area (Å²) in [5.41, 5.74) is 7.58. The van der Waals surface area contributed by atoms with Gasteiger partial charge in [0.25, 0.3) is 0 Å². The highest BCUT2D eigenvalue weighted by Gasteiger charge is 2.16. The first-order chi connectivity index (χ1) is 7.15. The molecular weight excluding hydrogens is 182 g/mol. The monoisotopic (exact) mass is 205 g/mol. The van der Waals surface area contributed by atoms with Gasteiger partial charge >= 0.3 is 0 Å². The summed E-state index contributed by atoms with van der Waals surface area (Å²) < 4.78 is 0. The molecule has 1 rings (SSSR count). The second kappa shape index (κ2) is 5.92. The topological polar surface area (TPSA) is 26.0 Å². The predicted octanol–water partition coefficient (Wildman–Crippen LogP) is 3.55. The normalized spacial score (nSPS) is 17.1. The first-order valence-electron chi connectivity index (χ1n) is 5.95. The summed E-state index contributed by atoms with van der Waals surface area (Å²) >= 11 is 0. The number of benzene rings is 1. The van der Waals surface area contributed by atoms with E-state index in [1.807, 2.05) is 0 Å². The molecule has 0 bridgehead atoms. The van der Waals surface area contributed by atoms with E-state index in [1.165, 1.54) is 12.0 Å². The molecule has 0 aliphatic carbocycles. The fourth-order valence-electron chi connectivity index (χ4n) is 1.84. The van der Waals surface area contributed by atoms with Crippen molar-refractivity contribution in [1.82, 2.24) is 0 Å². The molecule has 0 spiro atoms. The van der Waals surface area contributed by atoms with Crippen LogP contribution in [0.3, 0.4) is 0 Å². The Kier molecular flexibility index (Phi) is 4.83. The lowest BCUT2D eigenvalue weighted by molar-refractivity contribution is 0.417. The Labute approximate surface area is 93.7 Å². The van der Waals surface area contributed by atoms with Crippen molar-refractivity contribution >= 4 is 0 Å². The summed E-state index contributed by atoms with van der Waals surface area (Å²) in [6.07, 6.45) is 2.34. The number of rotatable bonds is 5. The minimum absolute atomic E-state index is 0.280. The molecule has 15 heavy (non-hydrogen) atoms. The summed E-state index contributed by atoms with van der Waals surface area (Å²) in [4.78, 5) is 0. The van der Waals surface area contributed by atoms with Gasteiger partial charge in [-0.2, -0.15) is 0 Å². The third kappa shape index (κ3) is 3.67. The Bertz CT molecular complexity index is 268. The average Bonchev–Trinajstić information content (AvgIpc) is 2.29. The van der Waals surface area contributed by atoms with Crippen molar-refractivity contribution in [3.8, 4) is 0 Å². The Hall–Kier alpha value is -0.820. The zero-order chi connectivity index (χ0) is 11.3. The molecule has 0 aliphatic heterocycles. The fraction of sp³-hybridized carbons (Fsp3) is 0.571. The van der Waals surface area contributed by atoms with Gasteiger partial charge in [0.2, 0.25) is 0 Å². The fourth-order valence-corrected chi connectivity index (χ4v) is 1.84. The van der Waals surface area contributed by atoms with Gasteiger partial charge in [0, 0.05) is 6.04 Å². The summed E-state index contributed by atoms with van der Waals surface area (Å²) in [5.74, 6) is 1.19. The number of hydrogen-bond donors (Lipinski definition) is 1. The van der Waals surface area contributed by atoms with Crippen LogP contribution in [0.15, 0.2) is 30.3 Å². The van der Waals surface area contributed by atoms with Gasteiger partial charge in [0.15, 0.2) is 0 Å². The van der Waals surface area contributed by atoms with Gasteiger partial charge < -0.3 is 5.73 Å². The molecule has 0 aliphatic rings. The molecule has 1 nitrogen and oxygen atoms in total. The summed E-state index contributed by atoms with van der Waals surface area (Å²) in [6, 6.07) is 10.8. The van der Waals surface area contributed by atoms with Crippen molar-refractivity contribution in [2.24, 2.45) is 11.7 Å². The molecule has 0 aromatic heterocycles. The molecule has 3 unspecified atom stereocenters. The van der Waals surface area contributed by atoms with Crippen LogP contribution in [0, 0.1) is 5.92 Å². The van der Waals surface area contributed by atoms with Crippen LogP contribution in [0.4, 0.5) is 0 Å². The largest absolute Gasteiger partial charge is 0.327 e. The number of hydrogen-bond acceptors (Lipinski definition) is 1. The second-order valence-corrected chi connectivity index (χ2v) is 4.61. The van der Waals surface area contributed by atoms with Crippen LogP contribution in [-0.4, -0.2) is 6.04 Å². The Balaban J connectivity index is 2.57. The van der Waals surface area contributed by atoms with E-state index >= 15 is 0 Å². The third-order valence-corrected chi connectivity index (χ3v) is 3.34. The van der Waals surface area contributed by atoms with E-state index in [0.717, 1.165) is 12.3 Å². The minimum Gasteiger partial charge on any atom is -0.327 e. The van der Waals surface area contributed by atoms with Crippen molar-refractivity contribution in [1.29, 1.82) is 0 Å². The van der Waals surface area contributed by atoms with E-state index in [4.69, 9.17) is 5.73 Å². The van der Waals surface area contributed by atoms with Gasteiger partial charge in [0.1, 0.15) is 0 Å². The molecule has 0 radical (unpaired) electrons. The second-order valence-electron chi connectivity index (χ2n) is 4.61. The molecule has 0 saturated heterocycles. The quantitative estimate of drug-likeness (QED) is 0.781. The predicted molar refractivity (Wildman–Crippen MR) is 66.9 cm³/mol. The van der Waals surface area contributed by atoms with Crippen molar-refractivity contribution < 1.29 is 0 Å².